The van der Waals surface area contributed by atoms with Gasteiger partial charge in [-0.3, -0.25) is 14.4 Å². The minimum Gasteiger partial charge on any atom is -0.481 e. The number of carbonyl (C=O) groups excluding carboxylic acids is 2. The number of hydrogen-bond acceptors (Lipinski definition) is 4. The average molecular weight is 248 g/mol. The van der Waals surface area contributed by atoms with Crippen LogP contribution in [0.4, 0.5) is 0 Å². The fraction of sp³-hybridized carbons (Fsp3) is 0.0909. The first kappa shape index (κ1) is 11.8. The Bertz CT molecular complexity index is 710. The molecule has 2 aromatic rings. The zero-order valence-corrected chi connectivity index (χ0v) is 9.02. The number of aromatic amines is 2. The molecular formula is C11H8N2O5. The molecular weight excluding hydrogens is 240 g/mol. The Kier molecular flexibility index (Phi) is 2.80. The maximum atomic E-state index is 11.6. The third-order valence-electron chi connectivity index (χ3n) is 2.34. The standard InChI is InChI=1S/C11H8N2O5/c14-8(4-9(15)16)10(17)5-1-2-6-7(3-5)13-11(18)12-6/h1-3H,4H2,(H,15,16)(H2,12,13,18). The molecule has 0 spiro atoms. The van der Waals surface area contributed by atoms with Gasteiger partial charge >= 0.3 is 11.7 Å². The van der Waals surface area contributed by atoms with Crippen LogP contribution in [-0.4, -0.2) is 32.6 Å². The van der Waals surface area contributed by atoms with E-state index in [0.29, 0.717) is 11.0 Å². The van der Waals surface area contributed by atoms with Gasteiger partial charge in [-0.25, -0.2) is 4.79 Å². The van der Waals surface area contributed by atoms with Gasteiger partial charge in [0.25, 0.3) is 0 Å². The molecule has 0 amide bonds. The summed E-state index contributed by atoms with van der Waals surface area (Å²) in [7, 11) is 0. The van der Waals surface area contributed by atoms with Gasteiger partial charge in [0.15, 0.2) is 0 Å². The van der Waals surface area contributed by atoms with Crippen LogP contribution in [-0.2, 0) is 9.59 Å². The highest BCUT2D eigenvalue weighted by molar-refractivity contribution is 6.45. The Morgan fingerprint density at radius 3 is 2.44 bits per heavy atom. The van der Waals surface area contributed by atoms with Crippen molar-refractivity contribution in [2.45, 2.75) is 6.42 Å². The largest absolute Gasteiger partial charge is 0.481 e. The van der Waals surface area contributed by atoms with Crippen molar-refractivity contribution < 1.29 is 19.5 Å². The van der Waals surface area contributed by atoms with Crippen LogP contribution in [0.15, 0.2) is 23.0 Å². The van der Waals surface area contributed by atoms with E-state index in [1.54, 1.807) is 0 Å². The van der Waals surface area contributed by atoms with Crippen molar-refractivity contribution in [1.82, 2.24) is 9.97 Å². The van der Waals surface area contributed by atoms with E-state index in [4.69, 9.17) is 5.11 Å². The lowest BCUT2D eigenvalue weighted by Crippen LogP contribution is -2.17. The van der Waals surface area contributed by atoms with Crippen molar-refractivity contribution in [3.05, 3.63) is 34.2 Å². The fourth-order valence-electron chi connectivity index (χ4n) is 1.55. The number of imidazole rings is 1. The number of ketones is 2. The molecule has 0 saturated heterocycles. The molecule has 0 aliphatic heterocycles. The summed E-state index contributed by atoms with van der Waals surface area (Å²) in [6, 6.07) is 4.15. The van der Waals surface area contributed by atoms with Crippen LogP contribution in [0.2, 0.25) is 0 Å². The first-order chi connectivity index (χ1) is 8.47. The number of carboxylic acid groups (broad SMARTS) is 1. The van der Waals surface area contributed by atoms with Crippen LogP contribution in [0.5, 0.6) is 0 Å². The molecule has 0 radical (unpaired) electrons. The van der Waals surface area contributed by atoms with E-state index in [2.05, 4.69) is 9.97 Å². The van der Waals surface area contributed by atoms with E-state index >= 15 is 0 Å². The van der Waals surface area contributed by atoms with Crippen LogP contribution in [0.3, 0.4) is 0 Å². The number of fused-ring (bicyclic) bond motifs is 1. The highest BCUT2D eigenvalue weighted by Gasteiger charge is 2.19. The number of carbonyl (C=O) groups is 3. The van der Waals surface area contributed by atoms with E-state index in [9.17, 15) is 19.2 Å². The minimum atomic E-state index is -1.36. The van der Waals surface area contributed by atoms with Crippen LogP contribution in [0.25, 0.3) is 11.0 Å². The summed E-state index contributed by atoms with van der Waals surface area (Å²) in [5.41, 5.74) is 0.506. The molecule has 0 fully saturated rings. The van der Waals surface area contributed by atoms with Crippen LogP contribution in [0.1, 0.15) is 16.8 Å². The second-order valence-electron chi connectivity index (χ2n) is 3.66. The van der Waals surface area contributed by atoms with E-state index < -0.39 is 29.6 Å². The Morgan fingerprint density at radius 1 is 1.11 bits per heavy atom. The quantitative estimate of drug-likeness (QED) is 0.402. The number of benzene rings is 1. The first-order valence-corrected chi connectivity index (χ1v) is 4.99. The first-order valence-electron chi connectivity index (χ1n) is 4.99. The van der Waals surface area contributed by atoms with Gasteiger partial charge in [0.2, 0.25) is 11.6 Å². The Balaban J connectivity index is 2.36. The molecule has 1 heterocycles. The number of H-pyrrole nitrogens is 2. The van der Waals surface area contributed by atoms with Crippen molar-refractivity contribution in [3.63, 3.8) is 0 Å². The molecule has 7 heteroatoms. The van der Waals surface area contributed by atoms with Crippen molar-refractivity contribution in [2.75, 3.05) is 0 Å². The molecule has 2 rings (SSSR count). The van der Waals surface area contributed by atoms with Crippen LogP contribution < -0.4 is 5.69 Å². The Labute approximate surface area is 99.4 Å². The van der Waals surface area contributed by atoms with E-state index in [1.807, 2.05) is 0 Å². The van der Waals surface area contributed by atoms with E-state index in [1.165, 1.54) is 18.2 Å². The third kappa shape index (κ3) is 2.19. The maximum Gasteiger partial charge on any atom is 0.323 e. The summed E-state index contributed by atoms with van der Waals surface area (Å²) < 4.78 is 0. The molecule has 0 aliphatic rings. The normalized spacial score (nSPS) is 10.4. The van der Waals surface area contributed by atoms with Crippen molar-refractivity contribution in [3.8, 4) is 0 Å². The highest BCUT2D eigenvalue weighted by Crippen LogP contribution is 2.11. The summed E-state index contributed by atoms with van der Waals surface area (Å²) in [4.78, 5) is 49.2. The predicted molar refractivity (Wildman–Crippen MR) is 60.5 cm³/mol. The van der Waals surface area contributed by atoms with Gasteiger partial charge in [-0.15, -0.1) is 0 Å². The fourth-order valence-corrected chi connectivity index (χ4v) is 1.55. The molecule has 18 heavy (non-hydrogen) atoms. The van der Waals surface area contributed by atoms with Gasteiger partial charge in [0.1, 0.15) is 6.42 Å². The topological polar surface area (TPSA) is 120 Å². The summed E-state index contributed by atoms with van der Waals surface area (Å²) in [6.07, 6.45) is -0.847. The van der Waals surface area contributed by atoms with Gasteiger partial charge in [-0.05, 0) is 18.2 Å². The minimum absolute atomic E-state index is 0.0454. The zero-order valence-electron chi connectivity index (χ0n) is 9.02. The summed E-state index contributed by atoms with van der Waals surface area (Å²) in [5.74, 6) is -3.24. The number of Topliss-reactive ketones (excluding diaryl/α,β-unsaturated/α-hetero) is 2. The second-order valence-corrected chi connectivity index (χ2v) is 3.66. The Morgan fingerprint density at radius 2 is 1.78 bits per heavy atom. The maximum absolute atomic E-state index is 11.6. The molecule has 0 aliphatic carbocycles. The SMILES string of the molecule is O=C(O)CC(=O)C(=O)c1ccc2[nH]c(=O)[nH]c2c1. The number of aliphatic carboxylic acids is 1. The van der Waals surface area contributed by atoms with Crippen LogP contribution in [0, 0.1) is 0 Å². The molecule has 1 aromatic carbocycles. The van der Waals surface area contributed by atoms with Crippen molar-refractivity contribution >= 4 is 28.6 Å². The predicted octanol–water partition coefficient (Wildman–Crippen LogP) is 0.0827. The van der Waals surface area contributed by atoms with Gasteiger partial charge in [0.05, 0.1) is 11.0 Å². The van der Waals surface area contributed by atoms with Gasteiger partial charge in [-0.2, -0.15) is 0 Å². The second kappa shape index (κ2) is 4.28. The number of aromatic nitrogens is 2. The molecule has 3 N–H and O–H groups in total. The van der Waals surface area contributed by atoms with E-state index in [0.717, 1.165) is 0 Å². The molecule has 7 nitrogen and oxygen atoms in total. The highest BCUT2D eigenvalue weighted by atomic mass is 16.4. The Hall–Kier alpha value is -2.70. The number of hydrogen-bond donors (Lipinski definition) is 3. The van der Waals surface area contributed by atoms with Gasteiger partial charge in [0, 0.05) is 5.56 Å². The van der Waals surface area contributed by atoms with Crippen LogP contribution >= 0.6 is 0 Å². The van der Waals surface area contributed by atoms with Gasteiger partial charge < -0.3 is 15.1 Å². The number of nitrogens with one attached hydrogen (secondary N) is 2. The zero-order chi connectivity index (χ0) is 13.3. The lowest BCUT2D eigenvalue weighted by molar-refractivity contribution is -0.139. The molecule has 92 valence electrons. The lowest BCUT2D eigenvalue weighted by atomic mass is 10.1. The smallest absolute Gasteiger partial charge is 0.323 e. The number of rotatable bonds is 4. The van der Waals surface area contributed by atoms with Gasteiger partial charge in [-0.1, -0.05) is 0 Å². The molecule has 1 aromatic heterocycles. The van der Waals surface area contributed by atoms with Crippen molar-refractivity contribution in [2.24, 2.45) is 0 Å². The van der Waals surface area contributed by atoms with E-state index in [-0.39, 0.29) is 5.56 Å². The summed E-state index contributed by atoms with van der Waals surface area (Å²) in [5, 5.41) is 8.43. The molecule has 0 bridgehead atoms. The number of carboxylic acids is 1. The molecule has 0 atom stereocenters. The summed E-state index contributed by atoms with van der Waals surface area (Å²) >= 11 is 0. The molecule has 0 unspecified atom stereocenters. The monoisotopic (exact) mass is 248 g/mol. The average Bonchev–Trinajstić information content (AvgIpc) is 2.65. The molecule has 0 saturated carbocycles. The third-order valence-corrected chi connectivity index (χ3v) is 2.34. The lowest BCUT2D eigenvalue weighted by Gasteiger charge is -1.98. The van der Waals surface area contributed by atoms with Crippen molar-refractivity contribution in [1.29, 1.82) is 0 Å². The summed E-state index contributed by atoms with van der Waals surface area (Å²) in [6.45, 7) is 0.